The van der Waals surface area contributed by atoms with Gasteiger partial charge in [0.15, 0.2) is 11.6 Å². The standard InChI is InChI=1S/C16H23FN2O/c17-15-7-3-4-13(16(15)20)12-18-8-10-19(11-9-18)14-5-1-2-6-14/h3-4,7,14,20H,1-2,5-6,8-12H2. The molecule has 1 aliphatic heterocycles. The Morgan fingerprint density at radius 2 is 1.80 bits per heavy atom. The Balaban J connectivity index is 1.54. The van der Waals surface area contributed by atoms with Gasteiger partial charge in [-0.3, -0.25) is 9.80 Å². The maximum absolute atomic E-state index is 13.3. The smallest absolute Gasteiger partial charge is 0.165 e. The highest BCUT2D eigenvalue weighted by molar-refractivity contribution is 5.33. The maximum Gasteiger partial charge on any atom is 0.165 e. The second kappa shape index (κ2) is 6.10. The van der Waals surface area contributed by atoms with E-state index in [9.17, 15) is 9.50 Å². The Morgan fingerprint density at radius 1 is 1.10 bits per heavy atom. The van der Waals surface area contributed by atoms with Crippen LogP contribution in [0.15, 0.2) is 18.2 Å². The molecule has 20 heavy (non-hydrogen) atoms. The summed E-state index contributed by atoms with van der Waals surface area (Å²) in [6.45, 7) is 4.85. The highest BCUT2D eigenvalue weighted by atomic mass is 19.1. The first-order valence-electron chi connectivity index (χ1n) is 7.67. The minimum absolute atomic E-state index is 0.189. The molecule has 4 heteroatoms. The number of aromatic hydroxyl groups is 1. The van der Waals surface area contributed by atoms with Crippen molar-refractivity contribution in [2.75, 3.05) is 26.2 Å². The van der Waals surface area contributed by atoms with Crippen molar-refractivity contribution in [1.82, 2.24) is 9.80 Å². The molecule has 2 fully saturated rings. The molecule has 3 nitrogen and oxygen atoms in total. The van der Waals surface area contributed by atoms with Crippen molar-refractivity contribution in [3.8, 4) is 5.75 Å². The minimum Gasteiger partial charge on any atom is -0.505 e. The van der Waals surface area contributed by atoms with Gasteiger partial charge in [0, 0.05) is 44.3 Å². The lowest BCUT2D eigenvalue weighted by molar-refractivity contribution is 0.0931. The number of phenolic OH excluding ortho intramolecular Hbond substituents is 1. The molecule has 0 bridgehead atoms. The molecule has 0 aromatic heterocycles. The van der Waals surface area contributed by atoms with Gasteiger partial charge in [-0.15, -0.1) is 0 Å². The largest absolute Gasteiger partial charge is 0.505 e. The second-order valence-corrected chi connectivity index (χ2v) is 6.00. The fourth-order valence-electron chi connectivity index (χ4n) is 3.48. The van der Waals surface area contributed by atoms with Crippen LogP contribution in [0.3, 0.4) is 0 Å². The zero-order valence-electron chi connectivity index (χ0n) is 11.9. The predicted molar refractivity (Wildman–Crippen MR) is 77.2 cm³/mol. The molecule has 0 atom stereocenters. The summed E-state index contributed by atoms with van der Waals surface area (Å²) in [5.74, 6) is -0.710. The number of benzene rings is 1. The summed E-state index contributed by atoms with van der Waals surface area (Å²) in [6, 6.07) is 5.57. The molecular formula is C16H23FN2O. The molecule has 1 N–H and O–H groups in total. The van der Waals surface area contributed by atoms with E-state index in [-0.39, 0.29) is 5.75 Å². The van der Waals surface area contributed by atoms with Crippen molar-refractivity contribution in [3.05, 3.63) is 29.6 Å². The highest BCUT2D eigenvalue weighted by Gasteiger charge is 2.26. The Bertz CT molecular complexity index is 452. The highest BCUT2D eigenvalue weighted by Crippen LogP contribution is 2.26. The third kappa shape index (κ3) is 2.96. The van der Waals surface area contributed by atoms with Crippen molar-refractivity contribution < 1.29 is 9.50 Å². The molecule has 110 valence electrons. The van der Waals surface area contributed by atoms with Gasteiger partial charge in [-0.2, -0.15) is 0 Å². The topological polar surface area (TPSA) is 26.7 Å². The van der Waals surface area contributed by atoms with Gasteiger partial charge in [0.05, 0.1) is 0 Å². The van der Waals surface area contributed by atoms with Crippen LogP contribution < -0.4 is 0 Å². The van der Waals surface area contributed by atoms with Crippen LogP contribution in [-0.4, -0.2) is 47.1 Å². The average molecular weight is 278 g/mol. The van der Waals surface area contributed by atoms with Gasteiger partial charge < -0.3 is 5.11 Å². The third-order valence-electron chi connectivity index (χ3n) is 4.71. The van der Waals surface area contributed by atoms with Crippen LogP contribution in [0.4, 0.5) is 4.39 Å². The van der Waals surface area contributed by atoms with Gasteiger partial charge in [0.2, 0.25) is 0 Å². The molecule has 0 amide bonds. The van der Waals surface area contributed by atoms with E-state index in [1.54, 1.807) is 6.07 Å². The normalized spacial score (nSPS) is 22.4. The van der Waals surface area contributed by atoms with Crippen molar-refractivity contribution in [2.45, 2.75) is 38.3 Å². The van der Waals surface area contributed by atoms with Crippen molar-refractivity contribution in [3.63, 3.8) is 0 Å². The fraction of sp³-hybridized carbons (Fsp3) is 0.625. The molecule has 2 aliphatic rings. The molecule has 0 spiro atoms. The SMILES string of the molecule is Oc1c(F)cccc1CN1CCN(C2CCCC2)CC1. The summed E-state index contributed by atoms with van der Waals surface area (Å²) in [6.07, 6.45) is 5.46. The van der Waals surface area contributed by atoms with E-state index in [1.807, 2.05) is 6.07 Å². The van der Waals surface area contributed by atoms with E-state index in [0.29, 0.717) is 12.1 Å². The van der Waals surface area contributed by atoms with Gasteiger partial charge in [-0.25, -0.2) is 4.39 Å². The van der Waals surface area contributed by atoms with Gasteiger partial charge in [-0.1, -0.05) is 25.0 Å². The van der Waals surface area contributed by atoms with E-state index in [0.717, 1.165) is 32.2 Å². The number of rotatable bonds is 3. The molecular weight excluding hydrogens is 255 g/mol. The molecule has 0 radical (unpaired) electrons. The number of piperazine rings is 1. The molecule has 0 unspecified atom stereocenters. The first kappa shape index (κ1) is 13.8. The Kier molecular flexibility index (Phi) is 4.22. The molecule has 1 saturated carbocycles. The summed E-state index contributed by atoms with van der Waals surface area (Å²) >= 11 is 0. The summed E-state index contributed by atoms with van der Waals surface area (Å²) in [5, 5.41) is 9.74. The zero-order valence-corrected chi connectivity index (χ0v) is 11.9. The number of phenols is 1. The van der Waals surface area contributed by atoms with E-state index in [4.69, 9.17) is 0 Å². The molecule has 1 aliphatic carbocycles. The van der Waals surface area contributed by atoms with Crippen LogP contribution in [-0.2, 0) is 6.54 Å². The van der Waals surface area contributed by atoms with Crippen LogP contribution in [0.25, 0.3) is 0 Å². The molecule has 1 aromatic rings. The predicted octanol–water partition coefficient (Wildman–Crippen LogP) is 2.59. The number of halogens is 1. The molecule has 1 heterocycles. The Labute approximate surface area is 120 Å². The van der Waals surface area contributed by atoms with E-state index in [2.05, 4.69) is 9.80 Å². The lowest BCUT2D eigenvalue weighted by Crippen LogP contribution is -2.49. The van der Waals surface area contributed by atoms with Crippen LogP contribution in [0, 0.1) is 5.82 Å². The lowest BCUT2D eigenvalue weighted by atomic mass is 10.1. The zero-order chi connectivity index (χ0) is 13.9. The Morgan fingerprint density at radius 3 is 2.50 bits per heavy atom. The number of hydrogen-bond donors (Lipinski definition) is 1. The summed E-state index contributed by atoms with van der Waals surface area (Å²) in [5.41, 5.74) is 0.694. The van der Waals surface area contributed by atoms with E-state index in [1.165, 1.54) is 31.7 Å². The second-order valence-electron chi connectivity index (χ2n) is 6.00. The molecule has 1 aromatic carbocycles. The first-order valence-corrected chi connectivity index (χ1v) is 7.67. The Hall–Kier alpha value is -1.13. The van der Waals surface area contributed by atoms with Crippen molar-refractivity contribution >= 4 is 0 Å². The van der Waals surface area contributed by atoms with Crippen LogP contribution >= 0.6 is 0 Å². The van der Waals surface area contributed by atoms with Crippen LogP contribution in [0.1, 0.15) is 31.2 Å². The third-order valence-corrected chi connectivity index (χ3v) is 4.71. The monoisotopic (exact) mass is 278 g/mol. The number of para-hydroxylation sites is 1. The van der Waals surface area contributed by atoms with Gasteiger partial charge in [0.1, 0.15) is 0 Å². The van der Waals surface area contributed by atoms with Gasteiger partial charge in [0.25, 0.3) is 0 Å². The summed E-state index contributed by atoms with van der Waals surface area (Å²) in [7, 11) is 0. The summed E-state index contributed by atoms with van der Waals surface area (Å²) < 4.78 is 13.3. The van der Waals surface area contributed by atoms with Crippen molar-refractivity contribution in [2.24, 2.45) is 0 Å². The lowest BCUT2D eigenvalue weighted by Gasteiger charge is -2.38. The summed E-state index contributed by atoms with van der Waals surface area (Å²) in [4.78, 5) is 4.91. The quantitative estimate of drug-likeness (QED) is 0.920. The molecule has 1 saturated heterocycles. The van der Waals surface area contributed by atoms with E-state index < -0.39 is 5.82 Å². The van der Waals surface area contributed by atoms with Crippen molar-refractivity contribution in [1.29, 1.82) is 0 Å². The minimum atomic E-state index is -0.521. The average Bonchev–Trinajstić information content (AvgIpc) is 2.99. The van der Waals surface area contributed by atoms with E-state index >= 15 is 0 Å². The number of hydrogen-bond acceptors (Lipinski definition) is 3. The van der Waals surface area contributed by atoms with Crippen LogP contribution in [0.2, 0.25) is 0 Å². The number of nitrogens with zero attached hydrogens (tertiary/aromatic N) is 2. The van der Waals surface area contributed by atoms with Gasteiger partial charge in [-0.05, 0) is 18.9 Å². The van der Waals surface area contributed by atoms with Gasteiger partial charge >= 0.3 is 0 Å². The first-order chi connectivity index (χ1) is 9.74. The fourth-order valence-corrected chi connectivity index (χ4v) is 3.48. The van der Waals surface area contributed by atoms with Crippen LogP contribution in [0.5, 0.6) is 5.75 Å². The maximum atomic E-state index is 13.3. The molecule has 3 rings (SSSR count).